The summed E-state index contributed by atoms with van der Waals surface area (Å²) in [6.45, 7) is 4.80. The highest BCUT2D eigenvalue weighted by atomic mass is 16.5. The lowest BCUT2D eigenvalue weighted by atomic mass is 10.0. The Morgan fingerprint density at radius 3 is 2.10 bits per heavy atom. The minimum atomic E-state index is -0.486. The zero-order chi connectivity index (χ0) is 28.3. The SMILES string of the molecule is Cc1ccc(-c2nc3ccc(C(=O)OCCC(=O)N4CCCc5ccccc54)cc3nc2-c2ccc(C)cc2)cc1. The summed E-state index contributed by atoms with van der Waals surface area (Å²) in [5.74, 6) is -0.527. The number of carbonyl (C=O) groups is 2. The van der Waals surface area contributed by atoms with Gasteiger partial charge >= 0.3 is 5.97 Å². The maximum atomic E-state index is 13.0. The monoisotopic (exact) mass is 541 g/mol. The number of aryl methyl sites for hydroxylation is 3. The molecule has 0 radical (unpaired) electrons. The van der Waals surface area contributed by atoms with Gasteiger partial charge in [0.1, 0.15) is 6.61 Å². The number of hydrogen-bond acceptors (Lipinski definition) is 5. The minimum Gasteiger partial charge on any atom is -0.462 e. The smallest absolute Gasteiger partial charge is 0.338 e. The molecule has 0 fully saturated rings. The maximum Gasteiger partial charge on any atom is 0.338 e. The van der Waals surface area contributed by atoms with E-state index in [-0.39, 0.29) is 18.9 Å². The van der Waals surface area contributed by atoms with Crippen molar-refractivity contribution in [3.63, 3.8) is 0 Å². The van der Waals surface area contributed by atoms with Crippen molar-refractivity contribution in [2.75, 3.05) is 18.1 Å². The van der Waals surface area contributed by atoms with Gasteiger partial charge in [-0.2, -0.15) is 0 Å². The lowest BCUT2D eigenvalue weighted by Crippen LogP contribution is -2.36. The Labute approximate surface area is 239 Å². The largest absolute Gasteiger partial charge is 0.462 e. The molecular weight excluding hydrogens is 510 g/mol. The van der Waals surface area contributed by atoms with Crippen LogP contribution in [0.25, 0.3) is 33.5 Å². The molecular formula is C35H31N3O3. The number of esters is 1. The molecule has 204 valence electrons. The van der Waals surface area contributed by atoms with E-state index in [9.17, 15) is 9.59 Å². The summed E-state index contributed by atoms with van der Waals surface area (Å²) in [6, 6.07) is 29.6. The fourth-order valence-corrected chi connectivity index (χ4v) is 5.25. The Morgan fingerprint density at radius 2 is 1.41 bits per heavy atom. The summed E-state index contributed by atoms with van der Waals surface area (Å²) in [5, 5.41) is 0. The highest BCUT2D eigenvalue weighted by molar-refractivity contribution is 5.96. The number of carbonyl (C=O) groups excluding carboxylic acids is 2. The number of amides is 1. The number of nitrogens with zero attached hydrogens (tertiary/aromatic N) is 3. The zero-order valence-corrected chi connectivity index (χ0v) is 23.3. The van der Waals surface area contributed by atoms with E-state index < -0.39 is 5.97 Å². The number of anilines is 1. The Kier molecular flexibility index (Phi) is 7.30. The van der Waals surface area contributed by atoms with E-state index >= 15 is 0 Å². The third kappa shape index (κ3) is 5.59. The molecule has 0 N–H and O–H groups in total. The molecule has 6 heteroatoms. The first kappa shape index (κ1) is 26.4. The van der Waals surface area contributed by atoms with Gasteiger partial charge in [0.15, 0.2) is 0 Å². The topological polar surface area (TPSA) is 72.4 Å². The summed E-state index contributed by atoms with van der Waals surface area (Å²) in [6.07, 6.45) is 2.03. The van der Waals surface area contributed by atoms with Gasteiger partial charge in [0.2, 0.25) is 5.91 Å². The first-order valence-corrected chi connectivity index (χ1v) is 14.0. The van der Waals surface area contributed by atoms with Crippen LogP contribution in [0.2, 0.25) is 0 Å². The summed E-state index contributed by atoms with van der Waals surface area (Å²) >= 11 is 0. The average Bonchev–Trinajstić information content (AvgIpc) is 3.00. The van der Waals surface area contributed by atoms with E-state index in [0.29, 0.717) is 23.1 Å². The van der Waals surface area contributed by atoms with Crippen molar-refractivity contribution in [2.24, 2.45) is 0 Å². The summed E-state index contributed by atoms with van der Waals surface area (Å²) < 4.78 is 5.52. The van der Waals surface area contributed by atoms with Crippen LogP contribution in [0.3, 0.4) is 0 Å². The summed E-state index contributed by atoms with van der Waals surface area (Å²) in [4.78, 5) is 37.6. The summed E-state index contributed by atoms with van der Waals surface area (Å²) in [7, 11) is 0. The fourth-order valence-electron chi connectivity index (χ4n) is 5.25. The molecule has 1 amide bonds. The van der Waals surface area contributed by atoms with Gasteiger partial charge in [-0.25, -0.2) is 14.8 Å². The quantitative estimate of drug-likeness (QED) is 0.214. The minimum absolute atomic E-state index is 0.0149. The highest BCUT2D eigenvalue weighted by Crippen LogP contribution is 2.32. The molecule has 0 saturated heterocycles. The number of para-hydroxylation sites is 1. The fraction of sp³-hybridized carbons (Fsp3) is 0.200. The number of hydrogen-bond donors (Lipinski definition) is 0. The van der Waals surface area contributed by atoms with E-state index in [4.69, 9.17) is 14.7 Å². The van der Waals surface area contributed by atoms with Crippen LogP contribution in [0.1, 0.15) is 39.9 Å². The van der Waals surface area contributed by atoms with Gasteiger partial charge < -0.3 is 9.64 Å². The van der Waals surface area contributed by atoms with Crippen molar-refractivity contribution < 1.29 is 14.3 Å². The van der Waals surface area contributed by atoms with E-state index in [1.807, 2.05) is 37.3 Å². The van der Waals surface area contributed by atoms with Gasteiger partial charge in [-0.1, -0.05) is 77.9 Å². The lowest BCUT2D eigenvalue weighted by molar-refractivity contribution is -0.119. The standard InChI is InChI=1S/C35H31N3O3/c1-23-9-13-26(14-10-23)33-34(27-15-11-24(2)12-16-27)37-30-22-28(17-18-29(30)36-33)35(40)41-21-19-32(39)38-20-5-7-25-6-3-4-8-31(25)38/h3-4,6,8-18,22H,5,7,19-21H2,1-2H3. The van der Waals surface area contributed by atoms with E-state index in [1.165, 1.54) is 11.1 Å². The molecule has 1 aliphatic rings. The van der Waals surface area contributed by atoms with E-state index in [0.717, 1.165) is 46.6 Å². The molecule has 6 nitrogen and oxygen atoms in total. The molecule has 0 saturated carbocycles. The molecule has 5 aromatic rings. The molecule has 4 aromatic carbocycles. The number of ether oxygens (including phenoxy) is 1. The van der Waals surface area contributed by atoms with Crippen molar-refractivity contribution in [2.45, 2.75) is 33.1 Å². The van der Waals surface area contributed by atoms with Crippen LogP contribution >= 0.6 is 0 Å². The van der Waals surface area contributed by atoms with Gasteiger partial charge in [0, 0.05) is 23.4 Å². The molecule has 0 bridgehead atoms. The molecule has 0 aliphatic carbocycles. The van der Waals surface area contributed by atoms with Gasteiger partial charge in [-0.15, -0.1) is 0 Å². The third-order valence-corrected chi connectivity index (χ3v) is 7.51. The van der Waals surface area contributed by atoms with Crippen LogP contribution in [-0.4, -0.2) is 35.0 Å². The van der Waals surface area contributed by atoms with Crippen molar-refractivity contribution in [3.05, 3.63) is 113 Å². The van der Waals surface area contributed by atoms with Crippen LogP contribution in [0.5, 0.6) is 0 Å². The molecule has 41 heavy (non-hydrogen) atoms. The Bertz CT molecular complexity index is 1740. The number of fused-ring (bicyclic) bond motifs is 2. The molecule has 6 rings (SSSR count). The van der Waals surface area contributed by atoms with Crippen LogP contribution in [-0.2, 0) is 16.0 Å². The van der Waals surface area contributed by atoms with Gasteiger partial charge in [0.05, 0.1) is 34.4 Å². The number of aromatic nitrogens is 2. The van der Waals surface area contributed by atoms with E-state index in [1.54, 1.807) is 23.1 Å². The van der Waals surface area contributed by atoms with Crippen molar-refractivity contribution >= 4 is 28.6 Å². The first-order valence-electron chi connectivity index (χ1n) is 14.0. The van der Waals surface area contributed by atoms with Gasteiger partial charge in [-0.05, 0) is 56.5 Å². The molecule has 1 aromatic heterocycles. The van der Waals surface area contributed by atoms with Crippen LogP contribution < -0.4 is 4.90 Å². The predicted octanol–water partition coefficient (Wildman–Crippen LogP) is 7.11. The molecule has 0 unspecified atom stereocenters. The normalized spacial score (nSPS) is 12.7. The van der Waals surface area contributed by atoms with Crippen molar-refractivity contribution in [3.8, 4) is 22.5 Å². The van der Waals surface area contributed by atoms with E-state index in [2.05, 4.69) is 49.4 Å². The van der Waals surface area contributed by atoms with Crippen LogP contribution in [0, 0.1) is 13.8 Å². The van der Waals surface area contributed by atoms with Gasteiger partial charge in [0.25, 0.3) is 0 Å². The molecule has 0 atom stereocenters. The lowest BCUT2D eigenvalue weighted by Gasteiger charge is -2.29. The molecule has 1 aliphatic heterocycles. The Hall–Kier alpha value is -4.84. The second-order valence-corrected chi connectivity index (χ2v) is 10.5. The average molecular weight is 542 g/mol. The number of rotatable bonds is 6. The Morgan fingerprint density at radius 1 is 0.780 bits per heavy atom. The Balaban J connectivity index is 1.23. The first-order chi connectivity index (χ1) is 20.0. The highest BCUT2D eigenvalue weighted by Gasteiger charge is 2.22. The maximum absolute atomic E-state index is 13.0. The second-order valence-electron chi connectivity index (χ2n) is 10.5. The van der Waals surface area contributed by atoms with Crippen molar-refractivity contribution in [1.82, 2.24) is 9.97 Å². The molecule has 2 heterocycles. The molecule has 0 spiro atoms. The zero-order valence-electron chi connectivity index (χ0n) is 23.3. The van der Waals surface area contributed by atoms with Crippen LogP contribution in [0.4, 0.5) is 5.69 Å². The summed E-state index contributed by atoms with van der Waals surface area (Å²) in [5.41, 5.74) is 9.59. The predicted molar refractivity (Wildman–Crippen MR) is 162 cm³/mol. The van der Waals surface area contributed by atoms with Crippen molar-refractivity contribution in [1.29, 1.82) is 0 Å². The third-order valence-electron chi connectivity index (χ3n) is 7.51. The second kappa shape index (κ2) is 11.3. The van der Waals surface area contributed by atoms with Crippen LogP contribution in [0.15, 0.2) is 91.0 Å². The number of benzene rings is 4. The van der Waals surface area contributed by atoms with Gasteiger partial charge in [-0.3, -0.25) is 4.79 Å².